The predicted octanol–water partition coefficient (Wildman–Crippen LogP) is 6.25. The Labute approximate surface area is 328 Å². The fourth-order valence-electron chi connectivity index (χ4n) is 7.58. The Balaban J connectivity index is 0.921. The van der Waals surface area contributed by atoms with Crippen molar-refractivity contribution in [2.75, 3.05) is 24.5 Å². The Morgan fingerprint density at radius 3 is 2.46 bits per heavy atom. The van der Waals surface area contributed by atoms with Crippen LogP contribution in [-0.4, -0.2) is 77.5 Å². The predicted molar refractivity (Wildman–Crippen MR) is 215 cm³/mol. The number of para-hydroxylation sites is 1. The van der Waals surface area contributed by atoms with Crippen molar-refractivity contribution in [3.63, 3.8) is 0 Å². The molecule has 2 aliphatic carbocycles. The number of fused-ring (bicyclic) bond motifs is 3. The second-order valence-corrected chi connectivity index (χ2v) is 17.8. The van der Waals surface area contributed by atoms with Crippen LogP contribution >= 0.6 is 0 Å². The summed E-state index contributed by atoms with van der Waals surface area (Å²) in [4.78, 5) is 51.9. The van der Waals surface area contributed by atoms with Crippen molar-refractivity contribution in [2.45, 2.75) is 102 Å². The van der Waals surface area contributed by atoms with E-state index in [1.54, 1.807) is 6.92 Å². The zero-order valence-corrected chi connectivity index (χ0v) is 33.2. The summed E-state index contributed by atoms with van der Waals surface area (Å²) in [6.07, 6.45) is 10.2. The summed E-state index contributed by atoms with van der Waals surface area (Å²) in [5.41, 5.74) is 9.41. The summed E-state index contributed by atoms with van der Waals surface area (Å²) in [5.74, 6) is -0.573. The Hall–Kier alpha value is -4.98. The van der Waals surface area contributed by atoms with Crippen LogP contribution < -0.4 is 20.1 Å². The molecule has 0 bridgehead atoms. The number of allylic oxidation sites excluding steroid dienone is 2. The Bertz CT molecular complexity index is 2230. The van der Waals surface area contributed by atoms with E-state index in [1.165, 1.54) is 4.90 Å². The minimum atomic E-state index is -3.60. The number of nitrogens with one attached hydrogen (secondary N) is 1. The monoisotopic (exact) mass is 784 g/mol. The SMILES string of the molecule is CCN(CC)c1ccc(-c2nc(O[C@@H]3C[C@@H](C(N)=O)N(C(=O)CCCCCC/C=C\[C@@H]4C[C@@H]4C(=O)NS(=O)(=O)C4(C)CC4)C3)c3oc4ccccc4c3n2)cc1. The number of anilines is 1. The van der Waals surface area contributed by atoms with Crippen LogP contribution in [-0.2, 0) is 24.4 Å². The third-order valence-corrected chi connectivity index (χ3v) is 13.7. The fraction of sp³-hybridized carbons (Fsp3) is 0.500. The number of benzene rings is 2. The first-order valence-corrected chi connectivity index (χ1v) is 21.4. The number of nitrogens with two attached hydrogens (primary N) is 1. The molecule has 4 aromatic rings. The van der Waals surface area contributed by atoms with Gasteiger partial charge in [0.1, 0.15) is 23.2 Å². The second kappa shape index (κ2) is 16.2. The van der Waals surface area contributed by atoms with Crippen LogP contribution in [0.4, 0.5) is 5.69 Å². The van der Waals surface area contributed by atoms with Crippen molar-refractivity contribution in [3.8, 4) is 17.3 Å². The van der Waals surface area contributed by atoms with Crippen molar-refractivity contribution in [1.82, 2.24) is 19.6 Å². The summed E-state index contributed by atoms with van der Waals surface area (Å²) in [6, 6.07) is 14.9. The number of hydrogen-bond donors (Lipinski definition) is 2. The molecule has 3 amide bonds. The molecule has 0 radical (unpaired) electrons. The van der Waals surface area contributed by atoms with Gasteiger partial charge < -0.3 is 24.7 Å². The molecule has 56 heavy (non-hydrogen) atoms. The molecule has 1 saturated heterocycles. The van der Waals surface area contributed by atoms with Gasteiger partial charge in [0.25, 0.3) is 5.88 Å². The number of nitrogens with zero attached hydrogens (tertiary/aromatic N) is 4. The number of rotatable bonds is 18. The van der Waals surface area contributed by atoms with E-state index in [9.17, 15) is 22.8 Å². The highest BCUT2D eigenvalue weighted by atomic mass is 32.2. The van der Waals surface area contributed by atoms with Crippen LogP contribution in [0.1, 0.15) is 85.0 Å². The zero-order chi connectivity index (χ0) is 39.6. The number of carbonyl (C=O) groups excluding carboxylic acids is 3. The number of sulfonamides is 1. The molecule has 3 heterocycles. The largest absolute Gasteiger partial charge is 0.470 e. The standard InChI is InChI=1S/C42H52N6O7S/c1-4-47(5-2)29-20-18-27(19-21-29)39-44-36-31-15-12-13-16-34(31)55-37(36)41(45-39)54-30-25-33(38(43)50)48(26-30)35(49)17-11-9-7-6-8-10-14-28-24-32(28)40(51)46-56(52,53)42(3)22-23-42/h10,12-16,18-21,28,30,32-33H,4-9,11,17,22-26H2,1-3H3,(H2,43,50)(H,46,51)/b14-10-/t28-,30-,32+,33+/m1/s1. The quantitative estimate of drug-likeness (QED) is 0.0865. The van der Waals surface area contributed by atoms with E-state index in [-0.39, 0.29) is 36.6 Å². The maximum atomic E-state index is 13.4. The van der Waals surface area contributed by atoms with Crippen LogP contribution in [0.2, 0.25) is 0 Å². The van der Waals surface area contributed by atoms with Gasteiger partial charge in [0.15, 0.2) is 5.82 Å². The van der Waals surface area contributed by atoms with E-state index < -0.39 is 38.7 Å². The van der Waals surface area contributed by atoms with Gasteiger partial charge in [-0.2, -0.15) is 4.98 Å². The third-order valence-electron chi connectivity index (χ3n) is 11.5. The van der Waals surface area contributed by atoms with Gasteiger partial charge in [0.05, 0.1) is 11.3 Å². The summed E-state index contributed by atoms with van der Waals surface area (Å²) in [7, 11) is -3.60. The van der Waals surface area contributed by atoms with Crippen LogP contribution in [0.15, 0.2) is 65.1 Å². The number of likely N-dealkylation sites (tertiary alicyclic amines) is 1. The Morgan fingerprint density at radius 2 is 1.75 bits per heavy atom. The molecule has 3 fully saturated rings. The lowest BCUT2D eigenvalue weighted by atomic mass is 10.1. The molecule has 0 unspecified atom stereocenters. The van der Waals surface area contributed by atoms with Gasteiger partial charge in [0.2, 0.25) is 33.3 Å². The van der Waals surface area contributed by atoms with Crippen molar-refractivity contribution in [2.24, 2.45) is 17.6 Å². The summed E-state index contributed by atoms with van der Waals surface area (Å²) < 4.78 is 38.8. The summed E-state index contributed by atoms with van der Waals surface area (Å²) in [5, 5.41) is 0.832. The molecule has 3 aliphatic rings. The highest BCUT2D eigenvalue weighted by Crippen LogP contribution is 2.44. The molecular weight excluding hydrogens is 733 g/mol. The van der Waals surface area contributed by atoms with Crippen molar-refractivity contribution in [3.05, 3.63) is 60.7 Å². The lowest BCUT2D eigenvalue weighted by Gasteiger charge is -2.22. The van der Waals surface area contributed by atoms with Crippen molar-refractivity contribution >= 4 is 55.5 Å². The van der Waals surface area contributed by atoms with Gasteiger partial charge in [-0.05, 0) is 102 Å². The normalized spacial score (nSPS) is 21.4. The molecule has 4 atom stereocenters. The number of ether oxygens (including phenoxy) is 1. The molecule has 2 saturated carbocycles. The first-order chi connectivity index (χ1) is 26.9. The van der Waals surface area contributed by atoms with Crippen molar-refractivity contribution in [1.29, 1.82) is 0 Å². The molecule has 298 valence electrons. The molecule has 3 N–H and O–H groups in total. The van der Waals surface area contributed by atoms with E-state index >= 15 is 0 Å². The number of hydrogen-bond acceptors (Lipinski definition) is 10. The van der Waals surface area contributed by atoms with Crippen LogP contribution in [0.3, 0.4) is 0 Å². The summed E-state index contributed by atoms with van der Waals surface area (Å²) in [6.45, 7) is 7.90. The lowest BCUT2D eigenvalue weighted by molar-refractivity contribution is -0.137. The fourth-order valence-corrected chi connectivity index (χ4v) is 8.88. The molecule has 13 nitrogen and oxygen atoms in total. The smallest absolute Gasteiger partial charge is 0.262 e. The number of aromatic nitrogens is 2. The zero-order valence-electron chi connectivity index (χ0n) is 32.4. The summed E-state index contributed by atoms with van der Waals surface area (Å²) >= 11 is 0. The van der Waals surface area contributed by atoms with Crippen LogP contribution in [0.25, 0.3) is 33.5 Å². The van der Waals surface area contributed by atoms with Gasteiger partial charge in [-0.3, -0.25) is 19.1 Å². The van der Waals surface area contributed by atoms with E-state index in [2.05, 4.69) is 41.7 Å². The van der Waals surface area contributed by atoms with Gasteiger partial charge >= 0.3 is 0 Å². The molecule has 2 aromatic carbocycles. The Kier molecular flexibility index (Phi) is 11.4. The maximum absolute atomic E-state index is 13.4. The first-order valence-electron chi connectivity index (χ1n) is 19.9. The van der Waals surface area contributed by atoms with Gasteiger partial charge in [-0.1, -0.05) is 37.1 Å². The molecule has 2 aromatic heterocycles. The molecular formula is C42H52N6O7S. The van der Waals surface area contributed by atoms with Crippen LogP contribution in [0, 0.1) is 11.8 Å². The topological polar surface area (TPSA) is 178 Å². The van der Waals surface area contributed by atoms with Crippen molar-refractivity contribution < 1.29 is 32.0 Å². The minimum absolute atomic E-state index is 0.0810. The van der Waals surface area contributed by atoms with E-state index in [0.29, 0.717) is 54.6 Å². The average Bonchev–Trinajstić information content (AvgIpc) is 4.06. The third kappa shape index (κ3) is 8.40. The maximum Gasteiger partial charge on any atom is 0.262 e. The highest BCUT2D eigenvalue weighted by Gasteiger charge is 2.52. The highest BCUT2D eigenvalue weighted by molar-refractivity contribution is 7.91. The number of unbranched alkanes of at least 4 members (excludes halogenated alkanes) is 4. The Morgan fingerprint density at radius 1 is 1.02 bits per heavy atom. The number of carbonyl (C=O) groups is 3. The van der Waals surface area contributed by atoms with E-state index in [1.807, 2.05) is 42.5 Å². The first kappa shape index (κ1) is 39.3. The van der Waals surface area contributed by atoms with E-state index in [0.717, 1.165) is 55.4 Å². The molecule has 1 aliphatic heterocycles. The number of amides is 3. The van der Waals surface area contributed by atoms with Gasteiger partial charge in [-0.15, -0.1) is 0 Å². The number of furan rings is 1. The minimum Gasteiger partial charge on any atom is -0.470 e. The van der Waals surface area contributed by atoms with E-state index in [4.69, 9.17) is 24.9 Å². The van der Waals surface area contributed by atoms with Crippen LogP contribution in [0.5, 0.6) is 5.88 Å². The van der Waals surface area contributed by atoms with Gasteiger partial charge in [0, 0.05) is 48.5 Å². The molecule has 14 heteroatoms. The number of primary amides is 1. The molecule has 0 spiro atoms. The lowest BCUT2D eigenvalue weighted by Crippen LogP contribution is -2.43. The molecule has 7 rings (SSSR count). The second-order valence-electron chi connectivity index (χ2n) is 15.6. The van der Waals surface area contributed by atoms with Gasteiger partial charge in [-0.25, -0.2) is 13.4 Å². The average molecular weight is 785 g/mol.